The summed E-state index contributed by atoms with van der Waals surface area (Å²) in [4.78, 5) is 7.86. The maximum Gasteiger partial charge on any atom is 0.143 e. The lowest BCUT2D eigenvalue weighted by atomic mass is 10.1. The Morgan fingerprint density at radius 1 is 1.55 bits per heavy atom. The van der Waals surface area contributed by atoms with Gasteiger partial charge in [-0.25, -0.2) is 4.39 Å². The summed E-state index contributed by atoms with van der Waals surface area (Å²) < 4.78 is 13.5. The number of halogens is 1. The Labute approximate surface area is 122 Å². The molecular formula is C15H18FN3S. The number of pyridine rings is 1. The number of thiophene rings is 1. The van der Waals surface area contributed by atoms with Crippen LogP contribution in [0.2, 0.25) is 0 Å². The van der Waals surface area contributed by atoms with Gasteiger partial charge in [0.15, 0.2) is 0 Å². The minimum absolute atomic E-state index is 0.255. The van der Waals surface area contributed by atoms with Crippen LogP contribution in [0, 0.1) is 5.82 Å². The first-order chi connectivity index (χ1) is 9.79. The summed E-state index contributed by atoms with van der Waals surface area (Å²) in [5.41, 5.74) is 1.97. The van der Waals surface area contributed by atoms with Gasteiger partial charge in [-0.15, -0.1) is 11.3 Å². The standard InChI is InChI=1S/C15H18FN3S/c1-17-6-4-13(15-3-2-8-20-15)19-7-5-12-14(19)9-11(16)10-18-12/h2-3,8-10,13,17H,4-7H2,1H3/t13-/m0/s1. The molecule has 0 aromatic carbocycles. The second-order valence-corrected chi connectivity index (χ2v) is 5.97. The third kappa shape index (κ3) is 2.55. The van der Waals surface area contributed by atoms with Gasteiger partial charge in [0.05, 0.1) is 23.6 Å². The highest BCUT2D eigenvalue weighted by atomic mass is 32.1. The molecule has 0 bridgehead atoms. The average Bonchev–Trinajstić information content (AvgIpc) is 3.09. The quantitative estimate of drug-likeness (QED) is 0.918. The highest BCUT2D eigenvalue weighted by Crippen LogP contribution is 2.37. The van der Waals surface area contributed by atoms with Gasteiger partial charge in [-0.1, -0.05) is 6.07 Å². The van der Waals surface area contributed by atoms with Crippen molar-refractivity contribution >= 4 is 17.0 Å². The summed E-state index contributed by atoms with van der Waals surface area (Å²) >= 11 is 1.76. The monoisotopic (exact) mass is 291 g/mol. The van der Waals surface area contributed by atoms with Crippen molar-refractivity contribution in [2.24, 2.45) is 0 Å². The Morgan fingerprint density at radius 3 is 3.20 bits per heavy atom. The molecular weight excluding hydrogens is 273 g/mol. The van der Waals surface area contributed by atoms with Crippen LogP contribution in [0.3, 0.4) is 0 Å². The Morgan fingerprint density at radius 2 is 2.45 bits per heavy atom. The van der Waals surface area contributed by atoms with Gasteiger partial charge in [0.2, 0.25) is 0 Å². The molecule has 1 aliphatic rings. The van der Waals surface area contributed by atoms with Crippen molar-refractivity contribution in [1.29, 1.82) is 0 Å². The summed E-state index contributed by atoms with van der Waals surface area (Å²) in [6, 6.07) is 6.16. The van der Waals surface area contributed by atoms with E-state index in [0.717, 1.165) is 37.3 Å². The Hall–Kier alpha value is -1.46. The molecule has 0 unspecified atom stereocenters. The van der Waals surface area contributed by atoms with Crippen molar-refractivity contribution in [3.63, 3.8) is 0 Å². The molecule has 2 aromatic heterocycles. The van der Waals surface area contributed by atoms with Crippen molar-refractivity contribution in [3.05, 3.63) is 46.2 Å². The normalized spacial score (nSPS) is 15.4. The molecule has 3 nitrogen and oxygen atoms in total. The Kier molecular flexibility index (Phi) is 3.98. The lowest BCUT2D eigenvalue weighted by Crippen LogP contribution is -2.28. The number of anilines is 1. The molecule has 0 saturated heterocycles. The van der Waals surface area contributed by atoms with E-state index in [0.29, 0.717) is 6.04 Å². The molecule has 0 saturated carbocycles. The summed E-state index contributed by atoms with van der Waals surface area (Å²) in [7, 11) is 1.96. The molecule has 106 valence electrons. The van der Waals surface area contributed by atoms with E-state index in [1.807, 2.05) is 7.05 Å². The zero-order chi connectivity index (χ0) is 13.9. The van der Waals surface area contributed by atoms with E-state index >= 15 is 0 Å². The van der Waals surface area contributed by atoms with E-state index in [4.69, 9.17) is 0 Å². The van der Waals surface area contributed by atoms with Gasteiger partial charge in [-0.05, 0) is 31.5 Å². The van der Waals surface area contributed by atoms with Gasteiger partial charge in [0.1, 0.15) is 5.82 Å². The minimum atomic E-state index is -0.255. The van der Waals surface area contributed by atoms with Crippen molar-refractivity contribution < 1.29 is 4.39 Å². The van der Waals surface area contributed by atoms with E-state index in [9.17, 15) is 4.39 Å². The Bertz CT molecular complexity index is 571. The third-order valence-corrected chi connectivity index (χ3v) is 4.70. The van der Waals surface area contributed by atoms with Crippen LogP contribution in [-0.4, -0.2) is 25.1 Å². The molecule has 0 amide bonds. The second kappa shape index (κ2) is 5.89. The van der Waals surface area contributed by atoms with E-state index in [2.05, 4.69) is 32.7 Å². The molecule has 20 heavy (non-hydrogen) atoms. The predicted molar refractivity (Wildman–Crippen MR) is 80.8 cm³/mol. The van der Waals surface area contributed by atoms with Gasteiger partial charge in [0.25, 0.3) is 0 Å². The van der Waals surface area contributed by atoms with Crippen molar-refractivity contribution in [2.45, 2.75) is 18.9 Å². The third-order valence-electron chi connectivity index (χ3n) is 3.73. The van der Waals surface area contributed by atoms with Crippen LogP contribution in [-0.2, 0) is 6.42 Å². The van der Waals surface area contributed by atoms with Gasteiger partial charge in [0, 0.05) is 23.9 Å². The van der Waals surface area contributed by atoms with Crippen LogP contribution < -0.4 is 10.2 Å². The molecule has 0 radical (unpaired) electrons. The second-order valence-electron chi connectivity index (χ2n) is 4.99. The van der Waals surface area contributed by atoms with E-state index < -0.39 is 0 Å². The van der Waals surface area contributed by atoms with Gasteiger partial charge < -0.3 is 10.2 Å². The van der Waals surface area contributed by atoms with Crippen LogP contribution in [0.25, 0.3) is 0 Å². The summed E-state index contributed by atoms with van der Waals surface area (Å²) in [6.45, 7) is 1.86. The molecule has 0 aliphatic carbocycles. The fraction of sp³-hybridized carbons (Fsp3) is 0.400. The van der Waals surface area contributed by atoms with E-state index in [1.165, 1.54) is 11.1 Å². The molecule has 3 heterocycles. The fourth-order valence-corrected chi connectivity index (χ4v) is 3.66. The highest BCUT2D eigenvalue weighted by molar-refractivity contribution is 7.10. The first kappa shape index (κ1) is 13.5. The van der Waals surface area contributed by atoms with Gasteiger partial charge in [-0.2, -0.15) is 0 Å². The fourth-order valence-electron chi connectivity index (χ4n) is 2.78. The number of rotatable bonds is 5. The van der Waals surface area contributed by atoms with Crippen LogP contribution in [0.4, 0.5) is 10.1 Å². The molecule has 1 atom stereocenters. The van der Waals surface area contributed by atoms with Crippen LogP contribution in [0.15, 0.2) is 29.8 Å². The summed E-state index contributed by atoms with van der Waals surface area (Å²) in [6.07, 6.45) is 3.22. The van der Waals surface area contributed by atoms with Crippen molar-refractivity contribution in [1.82, 2.24) is 10.3 Å². The van der Waals surface area contributed by atoms with Crippen LogP contribution in [0.5, 0.6) is 0 Å². The van der Waals surface area contributed by atoms with Crippen LogP contribution in [0.1, 0.15) is 23.0 Å². The van der Waals surface area contributed by atoms with Gasteiger partial charge in [-0.3, -0.25) is 4.98 Å². The smallest absolute Gasteiger partial charge is 0.143 e. The minimum Gasteiger partial charge on any atom is -0.362 e. The number of nitrogens with one attached hydrogen (secondary N) is 1. The molecule has 2 aromatic rings. The molecule has 5 heteroatoms. The highest BCUT2D eigenvalue weighted by Gasteiger charge is 2.28. The summed E-state index contributed by atoms with van der Waals surface area (Å²) in [5, 5.41) is 5.31. The largest absolute Gasteiger partial charge is 0.362 e. The molecule has 1 N–H and O–H groups in total. The molecule has 0 spiro atoms. The molecule has 0 fully saturated rings. The van der Waals surface area contributed by atoms with Crippen LogP contribution >= 0.6 is 11.3 Å². The molecule has 3 rings (SSSR count). The average molecular weight is 291 g/mol. The zero-order valence-corrected chi connectivity index (χ0v) is 12.3. The SMILES string of the molecule is CNCC[C@@H](c1cccs1)N1CCc2ncc(F)cc21. The van der Waals surface area contributed by atoms with E-state index in [1.54, 1.807) is 17.4 Å². The number of hydrogen-bond acceptors (Lipinski definition) is 4. The topological polar surface area (TPSA) is 28.2 Å². The zero-order valence-electron chi connectivity index (χ0n) is 11.5. The summed E-state index contributed by atoms with van der Waals surface area (Å²) in [5.74, 6) is -0.255. The first-order valence-electron chi connectivity index (χ1n) is 6.88. The number of hydrogen-bond donors (Lipinski definition) is 1. The predicted octanol–water partition coefficient (Wildman–Crippen LogP) is 3.00. The lowest BCUT2D eigenvalue weighted by Gasteiger charge is -2.29. The first-order valence-corrected chi connectivity index (χ1v) is 7.76. The molecule has 1 aliphatic heterocycles. The van der Waals surface area contributed by atoms with Crippen molar-refractivity contribution in [3.8, 4) is 0 Å². The van der Waals surface area contributed by atoms with Crippen molar-refractivity contribution in [2.75, 3.05) is 25.0 Å². The lowest BCUT2D eigenvalue weighted by molar-refractivity contribution is 0.574. The van der Waals surface area contributed by atoms with E-state index in [-0.39, 0.29) is 5.82 Å². The maximum atomic E-state index is 13.5. The maximum absolute atomic E-state index is 13.5. The number of aromatic nitrogens is 1. The number of fused-ring (bicyclic) bond motifs is 1. The Balaban J connectivity index is 1.91. The van der Waals surface area contributed by atoms with Gasteiger partial charge >= 0.3 is 0 Å². The number of nitrogens with zero attached hydrogens (tertiary/aromatic N) is 2.